The number of nitrogens with one attached hydrogen (secondary N) is 2. The molecule has 8 heteroatoms. The van der Waals surface area contributed by atoms with Gasteiger partial charge in [-0.2, -0.15) is 0 Å². The summed E-state index contributed by atoms with van der Waals surface area (Å²) in [7, 11) is 1.65. The third-order valence-corrected chi connectivity index (χ3v) is 6.05. The number of aromatic nitrogens is 3. The molecule has 2 bridgehead atoms. The van der Waals surface area contributed by atoms with Crippen molar-refractivity contribution in [2.75, 3.05) is 20.2 Å². The zero-order valence-corrected chi connectivity index (χ0v) is 16.1. The molecule has 28 heavy (non-hydrogen) atoms. The van der Waals surface area contributed by atoms with E-state index in [0.717, 1.165) is 43.7 Å². The Labute approximate surface area is 163 Å². The second-order valence-corrected chi connectivity index (χ2v) is 7.91. The van der Waals surface area contributed by atoms with E-state index in [0.29, 0.717) is 25.1 Å². The first kappa shape index (κ1) is 19.0. The Bertz CT molecular complexity index is 809. The number of amides is 1. The van der Waals surface area contributed by atoms with E-state index in [9.17, 15) is 9.18 Å². The van der Waals surface area contributed by atoms with Gasteiger partial charge in [0.15, 0.2) is 0 Å². The van der Waals surface area contributed by atoms with Crippen molar-refractivity contribution in [3.05, 3.63) is 47.5 Å². The third-order valence-electron chi connectivity index (χ3n) is 6.05. The van der Waals surface area contributed by atoms with Crippen LogP contribution in [-0.4, -0.2) is 47.1 Å². The maximum absolute atomic E-state index is 13.0. The van der Waals surface area contributed by atoms with Gasteiger partial charge in [-0.3, -0.25) is 4.79 Å². The SMILES string of the molecule is COCc1cn(C[C@H]2C[C@H]3CC[NH+]2C[C@@H]3C(=O)NCc2ccc(F)cc2)nn1. The van der Waals surface area contributed by atoms with Crippen LogP contribution in [0.1, 0.15) is 24.1 Å². The number of benzene rings is 1. The number of hydrogen-bond acceptors (Lipinski definition) is 4. The molecule has 3 aliphatic rings. The molecular formula is C20H27FN5O2+. The monoisotopic (exact) mass is 388 g/mol. The largest absolute Gasteiger partial charge is 0.378 e. The van der Waals surface area contributed by atoms with E-state index in [2.05, 4.69) is 15.6 Å². The van der Waals surface area contributed by atoms with E-state index in [1.807, 2.05) is 10.9 Å². The highest BCUT2D eigenvalue weighted by Crippen LogP contribution is 2.27. The topological polar surface area (TPSA) is 73.5 Å². The molecule has 1 aromatic heterocycles. The first-order valence-electron chi connectivity index (χ1n) is 9.87. The molecule has 3 fully saturated rings. The molecule has 2 aromatic rings. The smallest absolute Gasteiger partial charge is 0.229 e. The van der Waals surface area contributed by atoms with Crippen molar-refractivity contribution in [3.63, 3.8) is 0 Å². The van der Waals surface area contributed by atoms with E-state index in [1.54, 1.807) is 19.2 Å². The highest BCUT2D eigenvalue weighted by molar-refractivity contribution is 5.79. The lowest BCUT2D eigenvalue weighted by atomic mass is 9.75. The number of carbonyl (C=O) groups excluding carboxylic acids is 1. The number of carbonyl (C=O) groups is 1. The molecule has 7 nitrogen and oxygen atoms in total. The molecule has 3 saturated heterocycles. The minimum atomic E-state index is -0.260. The molecule has 1 unspecified atom stereocenters. The van der Waals surface area contributed by atoms with Crippen LogP contribution in [0.2, 0.25) is 0 Å². The van der Waals surface area contributed by atoms with Crippen LogP contribution in [0.3, 0.4) is 0 Å². The summed E-state index contributed by atoms with van der Waals surface area (Å²) in [6.07, 6.45) is 4.06. The highest BCUT2D eigenvalue weighted by Gasteiger charge is 2.46. The first-order chi connectivity index (χ1) is 13.6. The average Bonchev–Trinajstić information content (AvgIpc) is 3.15. The van der Waals surface area contributed by atoms with Crippen LogP contribution in [0.5, 0.6) is 0 Å². The summed E-state index contributed by atoms with van der Waals surface area (Å²) in [6.45, 7) is 3.72. The Balaban J connectivity index is 1.31. The van der Waals surface area contributed by atoms with Gasteiger partial charge in [0.25, 0.3) is 0 Å². The van der Waals surface area contributed by atoms with Crippen molar-refractivity contribution < 1.29 is 18.8 Å². The van der Waals surface area contributed by atoms with Gasteiger partial charge in [-0.05, 0) is 23.6 Å². The second-order valence-electron chi connectivity index (χ2n) is 7.91. The van der Waals surface area contributed by atoms with Crippen LogP contribution in [0.25, 0.3) is 0 Å². The highest BCUT2D eigenvalue weighted by atomic mass is 19.1. The van der Waals surface area contributed by atoms with Gasteiger partial charge in [-0.25, -0.2) is 9.07 Å². The van der Waals surface area contributed by atoms with Crippen molar-refractivity contribution in [1.29, 1.82) is 0 Å². The summed E-state index contributed by atoms with van der Waals surface area (Å²) in [4.78, 5) is 14.2. The molecule has 2 N–H and O–H groups in total. The Hall–Kier alpha value is -2.32. The maximum Gasteiger partial charge on any atom is 0.229 e. The molecule has 4 atom stereocenters. The number of rotatable bonds is 7. The molecular weight excluding hydrogens is 361 g/mol. The third kappa shape index (κ3) is 4.23. The number of fused-ring (bicyclic) bond motifs is 3. The normalized spacial score (nSPS) is 26.4. The van der Waals surface area contributed by atoms with Gasteiger partial charge in [-0.1, -0.05) is 17.3 Å². The summed E-state index contributed by atoms with van der Waals surface area (Å²) in [6, 6.07) is 6.74. The lowest BCUT2D eigenvalue weighted by Gasteiger charge is -2.46. The quantitative estimate of drug-likeness (QED) is 0.710. The number of ether oxygens (including phenoxy) is 1. The zero-order chi connectivity index (χ0) is 19.5. The fraction of sp³-hybridized carbons (Fsp3) is 0.550. The van der Waals surface area contributed by atoms with Crippen molar-refractivity contribution in [2.45, 2.75) is 38.6 Å². The van der Waals surface area contributed by atoms with Crippen LogP contribution in [0.4, 0.5) is 4.39 Å². The Morgan fingerprint density at radius 2 is 2.21 bits per heavy atom. The number of hydrogen-bond donors (Lipinski definition) is 2. The van der Waals surface area contributed by atoms with Crippen molar-refractivity contribution >= 4 is 5.91 Å². The van der Waals surface area contributed by atoms with Gasteiger partial charge in [0.2, 0.25) is 5.91 Å². The van der Waals surface area contributed by atoms with Crippen LogP contribution in [-0.2, 0) is 29.2 Å². The molecule has 0 aliphatic carbocycles. The minimum Gasteiger partial charge on any atom is -0.378 e. The van der Waals surface area contributed by atoms with Crippen LogP contribution < -0.4 is 10.2 Å². The predicted molar refractivity (Wildman–Crippen MR) is 99.7 cm³/mol. The van der Waals surface area contributed by atoms with Gasteiger partial charge in [0, 0.05) is 26.5 Å². The van der Waals surface area contributed by atoms with E-state index < -0.39 is 0 Å². The molecule has 5 rings (SSSR count). The van der Waals surface area contributed by atoms with Gasteiger partial charge in [-0.15, -0.1) is 5.10 Å². The van der Waals surface area contributed by atoms with E-state index in [4.69, 9.17) is 4.74 Å². The molecule has 1 aromatic carbocycles. The van der Waals surface area contributed by atoms with Crippen LogP contribution >= 0.6 is 0 Å². The lowest BCUT2D eigenvalue weighted by Crippen LogP contribution is -3.20. The van der Waals surface area contributed by atoms with Crippen molar-refractivity contribution in [3.8, 4) is 0 Å². The summed E-state index contributed by atoms with van der Waals surface area (Å²) in [5, 5.41) is 11.4. The summed E-state index contributed by atoms with van der Waals surface area (Å²) in [5.41, 5.74) is 1.76. The summed E-state index contributed by atoms with van der Waals surface area (Å²) in [5.74, 6) is 0.329. The molecule has 0 radical (unpaired) electrons. The molecule has 0 spiro atoms. The molecule has 0 saturated carbocycles. The summed E-state index contributed by atoms with van der Waals surface area (Å²) >= 11 is 0. The molecule has 4 heterocycles. The minimum absolute atomic E-state index is 0.0558. The molecule has 3 aliphatic heterocycles. The number of quaternary nitrogens is 1. The number of halogens is 1. The predicted octanol–water partition coefficient (Wildman–Crippen LogP) is 0.173. The van der Waals surface area contributed by atoms with E-state index in [-0.39, 0.29) is 17.6 Å². The number of piperidine rings is 3. The second kappa shape index (κ2) is 8.36. The van der Waals surface area contributed by atoms with E-state index >= 15 is 0 Å². The lowest BCUT2D eigenvalue weighted by molar-refractivity contribution is -0.945. The zero-order valence-electron chi connectivity index (χ0n) is 16.1. The average molecular weight is 388 g/mol. The fourth-order valence-electron chi connectivity index (χ4n) is 4.61. The van der Waals surface area contributed by atoms with Crippen LogP contribution in [0, 0.1) is 17.7 Å². The first-order valence-corrected chi connectivity index (χ1v) is 9.87. The molecule has 1 amide bonds. The Kier molecular flexibility index (Phi) is 5.68. The number of methoxy groups -OCH3 is 1. The Morgan fingerprint density at radius 3 is 2.93 bits per heavy atom. The van der Waals surface area contributed by atoms with Crippen molar-refractivity contribution in [2.24, 2.45) is 11.8 Å². The number of nitrogens with zero attached hydrogens (tertiary/aromatic N) is 3. The fourth-order valence-corrected chi connectivity index (χ4v) is 4.61. The van der Waals surface area contributed by atoms with Crippen molar-refractivity contribution in [1.82, 2.24) is 20.3 Å². The van der Waals surface area contributed by atoms with Gasteiger partial charge < -0.3 is 15.0 Å². The van der Waals surface area contributed by atoms with Gasteiger partial charge in [0.05, 0.1) is 38.4 Å². The summed E-state index contributed by atoms with van der Waals surface area (Å²) < 4.78 is 20.0. The maximum atomic E-state index is 13.0. The molecule has 150 valence electrons. The van der Waals surface area contributed by atoms with Crippen LogP contribution in [0.15, 0.2) is 30.5 Å². The standard InChI is InChI=1S/C20H26FN5O2/c1-28-13-17-10-26(24-23-17)11-18-8-15-6-7-25(18)12-19(15)20(27)22-9-14-2-4-16(21)5-3-14/h2-5,10,15,18-19H,6-9,11-13H2,1H3,(H,22,27)/p+1/t15-,18-,19+/m1/s1. The Morgan fingerprint density at radius 1 is 1.39 bits per heavy atom. The van der Waals surface area contributed by atoms with E-state index in [1.165, 1.54) is 17.0 Å². The van der Waals surface area contributed by atoms with Gasteiger partial charge in [0.1, 0.15) is 17.6 Å². The van der Waals surface area contributed by atoms with Gasteiger partial charge >= 0.3 is 0 Å².